The summed E-state index contributed by atoms with van der Waals surface area (Å²) in [5.41, 5.74) is 2.36. The minimum absolute atomic E-state index is 0.531. The molecule has 1 aliphatic rings. The van der Waals surface area contributed by atoms with Gasteiger partial charge in [-0.15, -0.1) is 0 Å². The van der Waals surface area contributed by atoms with Crippen LogP contribution in [0.1, 0.15) is 18.4 Å². The Labute approximate surface area is 142 Å². The van der Waals surface area contributed by atoms with Gasteiger partial charge in [0.2, 0.25) is 0 Å². The molecule has 0 atom stereocenters. The molecule has 0 unspecified atom stereocenters. The van der Waals surface area contributed by atoms with Crippen LogP contribution < -0.4 is 5.32 Å². The topological polar surface area (TPSA) is 15.3 Å². The van der Waals surface area contributed by atoms with Crippen LogP contribution in [0.4, 0.5) is 5.69 Å². The predicted molar refractivity (Wildman–Crippen MR) is 94.8 cm³/mol. The van der Waals surface area contributed by atoms with Gasteiger partial charge < -0.3 is 5.32 Å². The van der Waals surface area contributed by atoms with Crippen molar-refractivity contribution in [3.05, 3.63) is 64.1 Å². The number of piperidine rings is 1. The van der Waals surface area contributed by atoms with Gasteiger partial charge in [0.1, 0.15) is 0 Å². The van der Waals surface area contributed by atoms with Gasteiger partial charge in [-0.25, -0.2) is 0 Å². The highest BCUT2D eigenvalue weighted by Crippen LogP contribution is 2.22. The Morgan fingerprint density at radius 2 is 1.64 bits per heavy atom. The smallest absolute Gasteiger partial charge is 0.0451 e. The fourth-order valence-corrected chi connectivity index (χ4v) is 3.21. The zero-order valence-electron chi connectivity index (χ0n) is 12.4. The van der Waals surface area contributed by atoms with Crippen molar-refractivity contribution >= 4 is 28.9 Å². The molecule has 0 saturated carbocycles. The zero-order chi connectivity index (χ0) is 15.4. The molecule has 4 heteroatoms. The largest absolute Gasteiger partial charge is 0.382 e. The van der Waals surface area contributed by atoms with Gasteiger partial charge in [0, 0.05) is 41.4 Å². The van der Waals surface area contributed by atoms with E-state index in [2.05, 4.69) is 22.3 Å². The number of nitrogens with one attached hydrogen (secondary N) is 1. The SMILES string of the molecule is Clc1ccc(NC2CCN(Cc3ccccc3Cl)CC2)cc1. The Morgan fingerprint density at radius 3 is 2.32 bits per heavy atom. The molecule has 1 saturated heterocycles. The van der Waals surface area contributed by atoms with Crippen molar-refractivity contribution in [3.8, 4) is 0 Å². The third-order valence-electron chi connectivity index (χ3n) is 4.15. The number of benzene rings is 2. The summed E-state index contributed by atoms with van der Waals surface area (Å²) in [4.78, 5) is 2.47. The van der Waals surface area contributed by atoms with Crippen molar-refractivity contribution in [1.82, 2.24) is 4.90 Å². The van der Waals surface area contributed by atoms with Crippen molar-refractivity contribution < 1.29 is 0 Å². The normalized spacial score (nSPS) is 16.6. The summed E-state index contributed by atoms with van der Waals surface area (Å²) in [7, 11) is 0. The lowest BCUT2D eigenvalue weighted by Crippen LogP contribution is -2.38. The van der Waals surface area contributed by atoms with Crippen LogP contribution in [0.25, 0.3) is 0 Å². The number of rotatable bonds is 4. The van der Waals surface area contributed by atoms with E-state index in [0.717, 1.165) is 48.2 Å². The fourth-order valence-electron chi connectivity index (χ4n) is 2.88. The number of halogens is 2. The van der Waals surface area contributed by atoms with Crippen LogP contribution in [0.15, 0.2) is 48.5 Å². The molecule has 2 aromatic rings. The van der Waals surface area contributed by atoms with E-state index in [4.69, 9.17) is 23.2 Å². The molecular formula is C18H20Cl2N2. The molecule has 0 spiro atoms. The summed E-state index contributed by atoms with van der Waals surface area (Å²) < 4.78 is 0. The van der Waals surface area contributed by atoms with Crippen molar-refractivity contribution in [2.45, 2.75) is 25.4 Å². The second-order valence-electron chi connectivity index (χ2n) is 5.79. The first-order chi connectivity index (χ1) is 10.7. The summed E-state index contributed by atoms with van der Waals surface area (Å²) in [5.74, 6) is 0. The summed E-state index contributed by atoms with van der Waals surface area (Å²) >= 11 is 12.2. The molecule has 1 N–H and O–H groups in total. The Hall–Kier alpha value is -1.22. The molecule has 0 bridgehead atoms. The number of nitrogens with zero attached hydrogens (tertiary/aromatic N) is 1. The van der Waals surface area contributed by atoms with Crippen LogP contribution in [0, 0.1) is 0 Å². The molecule has 2 nitrogen and oxygen atoms in total. The van der Waals surface area contributed by atoms with Gasteiger partial charge in [0.15, 0.2) is 0 Å². The Morgan fingerprint density at radius 1 is 0.955 bits per heavy atom. The number of hydrogen-bond acceptors (Lipinski definition) is 2. The van der Waals surface area contributed by atoms with Crippen molar-refractivity contribution in [3.63, 3.8) is 0 Å². The van der Waals surface area contributed by atoms with Crippen LogP contribution in [0.2, 0.25) is 10.0 Å². The van der Waals surface area contributed by atoms with Gasteiger partial charge in [0.25, 0.3) is 0 Å². The van der Waals surface area contributed by atoms with Crippen molar-refractivity contribution in [2.24, 2.45) is 0 Å². The van der Waals surface area contributed by atoms with Gasteiger partial charge in [-0.2, -0.15) is 0 Å². The first-order valence-electron chi connectivity index (χ1n) is 7.68. The number of hydrogen-bond donors (Lipinski definition) is 1. The first kappa shape index (κ1) is 15.7. The van der Waals surface area contributed by atoms with Crippen LogP contribution in [0.3, 0.4) is 0 Å². The minimum Gasteiger partial charge on any atom is -0.382 e. The van der Waals surface area contributed by atoms with Gasteiger partial charge >= 0.3 is 0 Å². The molecule has 0 aromatic heterocycles. The average molecular weight is 335 g/mol. The molecule has 1 heterocycles. The summed E-state index contributed by atoms with van der Waals surface area (Å²) in [6, 6.07) is 16.6. The molecule has 3 rings (SSSR count). The quantitative estimate of drug-likeness (QED) is 0.839. The lowest BCUT2D eigenvalue weighted by molar-refractivity contribution is 0.211. The van der Waals surface area contributed by atoms with Gasteiger partial charge in [-0.05, 0) is 48.7 Å². The maximum absolute atomic E-state index is 6.24. The van der Waals surface area contributed by atoms with Crippen molar-refractivity contribution in [1.29, 1.82) is 0 Å². The van der Waals surface area contributed by atoms with Gasteiger partial charge in [-0.1, -0.05) is 41.4 Å². The monoisotopic (exact) mass is 334 g/mol. The van der Waals surface area contributed by atoms with Crippen LogP contribution in [-0.2, 0) is 6.54 Å². The molecule has 116 valence electrons. The summed E-state index contributed by atoms with van der Waals surface area (Å²) in [6.45, 7) is 3.13. The van der Waals surface area contributed by atoms with E-state index in [9.17, 15) is 0 Å². The van der Waals surface area contributed by atoms with Crippen LogP contribution in [-0.4, -0.2) is 24.0 Å². The van der Waals surface area contributed by atoms with E-state index in [1.165, 1.54) is 5.56 Å². The molecule has 1 aliphatic heterocycles. The molecule has 0 amide bonds. The van der Waals surface area contributed by atoms with Crippen LogP contribution in [0.5, 0.6) is 0 Å². The maximum Gasteiger partial charge on any atom is 0.0451 e. The highest BCUT2D eigenvalue weighted by molar-refractivity contribution is 6.31. The Kier molecular flexibility index (Phi) is 5.24. The molecule has 0 aliphatic carbocycles. The standard InChI is InChI=1S/C18H20Cl2N2/c19-15-5-7-16(8-6-15)21-17-9-11-22(12-10-17)13-14-3-1-2-4-18(14)20/h1-8,17,21H,9-13H2. The van der Waals surface area contributed by atoms with Crippen LogP contribution >= 0.6 is 23.2 Å². The second-order valence-corrected chi connectivity index (χ2v) is 6.64. The summed E-state index contributed by atoms with van der Waals surface area (Å²) in [5, 5.41) is 5.24. The van der Waals surface area contributed by atoms with E-state index >= 15 is 0 Å². The third kappa shape index (κ3) is 4.16. The molecule has 1 fully saturated rings. The van der Waals surface area contributed by atoms with Crippen molar-refractivity contribution in [2.75, 3.05) is 18.4 Å². The fraction of sp³-hybridized carbons (Fsp3) is 0.333. The second kappa shape index (κ2) is 7.36. The van der Waals surface area contributed by atoms with E-state index < -0.39 is 0 Å². The number of anilines is 1. The lowest BCUT2D eigenvalue weighted by Gasteiger charge is -2.33. The Balaban J connectivity index is 1.50. The average Bonchev–Trinajstić information content (AvgIpc) is 2.54. The van der Waals surface area contributed by atoms with Gasteiger partial charge in [-0.3, -0.25) is 4.90 Å². The van der Waals surface area contributed by atoms with E-state index in [1.807, 2.05) is 36.4 Å². The van der Waals surface area contributed by atoms with E-state index in [0.29, 0.717) is 6.04 Å². The highest BCUT2D eigenvalue weighted by Gasteiger charge is 2.19. The highest BCUT2D eigenvalue weighted by atomic mass is 35.5. The molecule has 2 aromatic carbocycles. The Bertz CT molecular complexity index is 605. The molecular weight excluding hydrogens is 315 g/mol. The summed E-state index contributed by atoms with van der Waals surface area (Å²) in [6.07, 6.45) is 2.29. The maximum atomic E-state index is 6.24. The molecule has 22 heavy (non-hydrogen) atoms. The van der Waals surface area contributed by atoms with Gasteiger partial charge in [0.05, 0.1) is 0 Å². The zero-order valence-corrected chi connectivity index (χ0v) is 13.9. The molecule has 0 radical (unpaired) electrons. The number of likely N-dealkylation sites (tertiary alicyclic amines) is 1. The lowest BCUT2D eigenvalue weighted by atomic mass is 10.0. The predicted octanol–water partition coefficient (Wildman–Crippen LogP) is 5.07. The van der Waals surface area contributed by atoms with E-state index in [-0.39, 0.29) is 0 Å². The third-order valence-corrected chi connectivity index (χ3v) is 4.78. The minimum atomic E-state index is 0.531. The van der Waals surface area contributed by atoms with E-state index in [1.54, 1.807) is 0 Å². The first-order valence-corrected chi connectivity index (χ1v) is 8.44.